The molecule has 106 valence electrons. The lowest BCUT2D eigenvalue weighted by molar-refractivity contribution is -0.124. The molecule has 0 saturated heterocycles. The van der Waals surface area contributed by atoms with Crippen molar-refractivity contribution in [3.8, 4) is 17.6 Å². The molecule has 0 fully saturated rings. The number of hydrogen-bond donors (Lipinski definition) is 0. The first-order chi connectivity index (χ1) is 9.62. The van der Waals surface area contributed by atoms with Crippen molar-refractivity contribution in [2.75, 3.05) is 27.8 Å². The molecule has 5 nitrogen and oxygen atoms in total. The Balaban J connectivity index is 2.75. The Morgan fingerprint density at radius 2 is 2.05 bits per heavy atom. The Labute approximate surface area is 119 Å². The monoisotopic (exact) mass is 274 g/mol. The quantitative estimate of drug-likeness (QED) is 0.745. The van der Waals surface area contributed by atoms with Gasteiger partial charge < -0.3 is 14.4 Å². The van der Waals surface area contributed by atoms with Crippen LogP contribution in [0.5, 0.6) is 11.5 Å². The predicted molar refractivity (Wildman–Crippen MR) is 76.4 cm³/mol. The molecule has 0 aliphatic heterocycles. The van der Waals surface area contributed by atoms with E-state index in [1.165, 1.54) is 11.0 Å². The van der Waals surface area contributed by atoms with E-state index in [1.54, 1.807) is 39.5 Å². The van der Waals surface area contributed by atoms with Gasteiger partial charge in [-0.2, -0.15) is 5.26 Å². The maximum Gasteiger partial charge on any atom is 0.246 e. The molecule has 20 heavy (non-hydrogen) atoms. The zero-order valence-electron chi connectivity index (χ0n) is 11.9. The molecule has 0 aliphatic carbocycles. The summed E-state index contributed by atoms with van der Waals surface area (Å²) in [7, 11) is 4.80. The van der Waals surface area contributed by atoms with Crippen LogP contribution in [-0.4, -0.2) is 38.6 Å². The first-order valence-corrected chi connectivity index (χ1v) is 6.14. The lowest BCUT2D eigenvalue weighted by atomic mass is 10.2. The van der Waals surface area contributed by atoms with Crippen molar-refractivity contribution in [1.29, 1.82) is 5.26 Å². The van der Waals surface area contributed by atoms with Gasteiger partial charge in [0.05, 0.1) is 26.7 Å². The number of carbonyl (C=O) groups is 1. The molecule has 0 aliphatic rings. The van der Waals surface area contributed by atoms with Crippen molar-refractivity contribution in [2.24, 2.45) is 0 Å². The number of rotatable bonds is 6. The van der Waals surface area contributed by atoms with Gasteiger partial charge in [0.2, 0.25) is 5.91 Å². The van der Waals surface area contributed by atoms with Gasteiger partial charge in [-0.3, -0.25) is 4.79 Å². The van der Waals surface area contributed by atoms with E-state index in [4.69, 9.17) is 14.7 Å². The Hall–Kier alpha value is -2.48. The number of hydrogen-bond acceptors (Lipinski definition) is 4. The summed E-state index contributed by atoms with van der Waals surface area (Å²) in [5.41, 5.74) is 0.838. The largest absolute Gasteiger partial charge is 0.493 e. The van der Waals surface area contributed by atoms with Gasteiger partial charge in [-0.05, 0) is 23.8 Å². The molecule has 0 bridgehead atoms. The van der Waals surface area contributed by atoms with Gasteiger partial charge >= 0.3 is 0 Å². The topological polar surface area (TPSA) is 62.6 Å². The van der Waals surface area contributed by atoms with E-state index >= 15 is 0 Å². The second-order valence-corrected chi connectivity index (χ2v) is 4.12. The Bertz CT molecular complexity index is 532. The van der Waals surface area contributed by atoms with Crippen LogP contribution in [0.2, 0.25) is 0 Å². The van der Waals surface area contributed by atoms with E-state index in [9.17, 15) is 4.79 Å². The maximum absolute atomic E-state index is 11.8. The number of carbonyl (C=O) groups excluding carboxylic acids is 1. The summed E-state index contributed by atoms with van der Waals surface area (Å²) in [6.07, 6.45) is 3.50. The maximum atomic E-state index is 11.8. The summed E-state index contributed by atoms with van der Waals surface area (Å²) in [5, 5.41) is 8.48. The van der Waals surface area contributed by atoms with Gasteiger partial charge in [0.15, 0.2) is 11.5 Å². The van der Waals surface area contributed by atoms with Gasteiger partial charge in [0.1, 0.15) is 0 Å². The van der Waals surface area contributed by atoms with Crippen molar-refractivity contribution in [3.63, 3.8) is 0 Å². The molecule has 1 aromatic carbocycles. The number of methoxy groups -OCH3 is 2. The third-order valence-electron chi connectivity index (χ3n) is 2.76. The molecule has 0 N–H and O–H groups in total. The first-order valence-electron chi connectivity index (χ1n) is 6.14. The van der Waals surface area contributed by atoms with Gasteiger partial charge in [-0.15, -0.1) is 0 Å². The number of benzene rings is 1. The Kier molecular flexibility index (Phi) is 6.11. The molecule has 1 rings (SSSR count). The highest BCUT2D eigenvalue weighted by molar-refractivity contribution is 5.91. The molecule has 1 aromatic rings. The summed E-state index contributed by atoms with van der Waals surface area (Å²) in [6.45, 7) is 0.422. The number of amides is 1. The SMILES string of the molecule is COc1ccc(/C=C/C(=O)N(C)CCC#N)cc1OC. The van der Waals surface area contributed by atoms with Crippen LogP contribution >= 0.6 is 0 Å². The number of ether oxygens (including phenoxy) is 2. The van der Waals surface area contributed by atoms with Crippen molar-refractivity contribution in [3.05, 3.63) is 29.8 Å². The van der Waals surface area contributed by atoms with Crippen molar-refractivity contribution in [2.45, 2.75) is 6.42 Å². The third-order valence-corrected chi connectivity index (χ3v) is 2.76. The normalized spacial score (nSPS) is 10.1. The smallest absolute Gasteiger partial charge is 0.246 e. The zero-order chi connectivity index (χ0) is 15.0. The minimum absolute atomic E-state index is 0.143. The first kappa shape index (κ1) is 15.6. The van der Waals surface area contributed by atoms with E-state index in [0.717, 1.165) is 5.56 Å². The van der Waals surface area contributed by atoms with E-state index < -0.39 is 0 Å². The van der Waals surface area contributed by atoms with Crippen molar-refractivity contribution < 1.29 is 14.3 Å². The van der Waals surface area contributed by atoms with Crippen LogP contribution in [0.3, 0.4) is 0 Å². The molecular weight excluding hydrogens is 256 g/mol. The summed E-state index contributed by atoms with van der Waals surface area (Å²) in [5.74, 6) is 1.11. The molecule has 0 radical (unpaired) electrons. The lowest BCUT2D eigenvalue weighted by Crippen LogP contribution is -2.25. The van der Waals surface area contributed by atoms with Gasteiger partial charge in [0.25, 0.3) is 0 Å². The van der Waals surface area contributed by atoms with E-state index in [0.29, 0.717) is 24.5 Å². The molecule has 0 saturated carbocycles. The predicted octanol–water partition coefficient (Wildman–Crippen LogP) is 2.09. The molecule has 5 heteroatoms. The second kappa shape index (κ2) is 7.85. The van der Waals surface area contributed by atoms with Crippen LogP contribution in [0.15, 0.2) is 24.3 Å². The van der Waals surface area contributed by atoms with Crippen LogP contribution in [0.4, 0.5) is 0 Å². The van der Waals surface area contributed by atoms with Gasteiger partial charge in [-0.25, -0.2) is 0 Å². The lowest BCUT2D eigenvalue weighted by Gasteiger charge is -2.12. The standard InChI is InChI=1S/C15H18N2O3/c1-17(10-4-9-16)15(18)8-6-12-5-7-13(19-2)14(11-12)20-3/h5-8,11H,4,10H2,1-3H3/b8-6+. The minimum atomic E-state index is -0.143. The van der Waals surface area contributed by atoms with Crippen LogP contribution in [-0.2, 0) is 4.79 Å². The average molecular weight is 274 g/mol. The summed E-state index contributed by atoms with van der Waals surface area (Å²) >= 11 is 0. The Morgan fingerprint density at radius 1 is 1.35 bits per heavy atom. The fraction of sp³-hybridized carbons (Fsp3) is 0.333. The van der Waals surface area contributed by atoms with E-state index in [2.05, 4.69) is 0 Å². The molecule has 0 spiro atoms. The minimum Gasteiger partial charge on any atom is -0.493 e. The highest BCUT2D eigenvalue weighted by Crippen LogP contribution is 2.27. The molecule has 0 unspecified atom stereocenters. The highest BCUT2D eigenvalue weighted by atomic mass is 16.5. The number of nitriles is 1. The van der Waals surface area contributed by atoms with Crippen LogP contribution in [0, 0.1) is 11.3 Å². The fourth-order valence-corrected chi connectivity index (χ4v) is 1.58. The van der Waals surface area contributed by atoms with Gasteiger partial charge in [0, 0.05) is 19.7 Å². The zero-order valence-corrected chi connectivity index (χ0v) is 11.9. The third kappa shape index (κ3) is 4.32. The van der Waals surface area contributed by atoms with Crippen LogP contribution in [0.1, 0.15) is 12.0 Å². The fourth-order valence-electron chi connectivity index (χ4n) is 1.58. The van der Waals surface area contributed by atoms with E-state index in [1.807, 2.05) is 12.1 Å². The molecular formula is C15H18N2O3. The van der Waals surface area contributed by atoms with Crippen molar-refractivity contribution in [1.82, 2.24) is 4.90 Å². The van der Waals surface area contributed by atoms with E-state index in [-0.39, 0.29) is 5.91 Å². The Morgan fingerprint density at radius 3 is 2.65 bits per heavy atom. The molecule has 1 amide bonds. The van der Waals surface area contributed by atoms with Gasteiger partial charge in [-0.1, -0.05) is 6.07 Å². The number of likely N-dealkylation sites (N-methyl/N-ethyl adjacent to an activating group) is 1. The number of nitrogens with zero attached hydrogens (tertiary/aromatic N) is 2. The molecule has 0 atom stereocenters. The van der Waals surface area contributed by atoms with Crippen LogP contribution < -0.4 is 9.47 Å². The second-order valence-electron chi connectivity index (χ2n) is 4.12. The summed E-state index contributed by atoms with van der Waals surface area (Å²) in [6, 6.07) is 7.41. The van der Waals surface area contributed by atoms with Crippen LogP contribution in [0.25, 0.3) is 6.08 Å². The average Bonchev–Trinajstić information content (AvgIpc) is 2.49. The summed E-state index contributed by atoms with van der Waals surface area (Å²) in [4.78, 5) is 13.3. The molecule has 0 aromatic heterocycles. The highest BCUT2D eigenvalue weighted by Gasteiger charge is 2.05. The molecule has 0 heterocycles. The summed E-state index contributed by atoms with van der Waals surface area (Å²) < 4.78 is 10.3. The van der Waals surface area contributed by atoms with Crippen molar-refractivity contribution >= 4 is 12.0 Å².